The molecule has 2 heterocycles. The first kappa shape index (κ1) is 19.5. The zero-order valence-corrected chi connectivity index (χ0v) is 17.5. The van der Waals surface area contributed by atoms with Gasteiger partial charge in [0.05, 0.1) is 31.4 Å². The van der Waals surface area contributed by atoms with E-state index in [0.717, 1.165) is 44.7 Å². The lowest BCUT2D eigenvalue weighted by Gasteiger charge is -2.25. The molecule has 3 N–H and O–H groups in total. The highest BCUT2D eigenvalue weighted by molar-refractivity contribution is 5.93. The van der Waals surface area contributed by atoms with Crippen LogP contribution in [0.4, 0.5) is 0 Å². The van der Waals surface area contributed by atoms with Crippen LogP contribution in [-0.2, 0) is 0 Å². The molecule has 0 radical (unpaired) electrons. The van der Waals surface area contributed by atoms with E-state index in [1.165, 1.54) is 0 Å². The predicted octanol–water partition coefficient (Wildman–Crippen LogP) is 4.47. The summed E-state index contributed by atoms with van der Waals surface area (Å²) in [4.78, 5) is 0. The van der Waals surface area contributed by atoms with E-state index >= 15 is 0 Å². The molecular weight excluding hydrogens is 404 g/mol. The fourth-order valence-corrected chi connectivity index (χ4v) is 4.26. The number of fused-ring (bicyclic) bond motifs is 2. The van der Waals surface area contributed by atoms with Gasteiger partial charge in [-0.25, -0.2) is 0 Å². The quantitative estimate of drug-likeness (QED) is 0.501. The summed E-state index contributed by atoms with van der Waals surface area (Å²) in [6.07, 6.45) is 0. The maximum Gasteiger partial charge on any atom is 0.244 e. The molecule has 0 aliphatic carbocycles. The molecule has 5 rings (SSSR count). The highest BCUT2D eigenvalue weighted by Gasteiger charge is 2.36. The Labute approximate surface area is 184 Å². The van der Waals surface area contributed by atoms with Gasteiger partial charge in [0, 0.05) is 10.9 Å². The number of rotatable bonds is 4. The van der Waals surface area contributed by atoms with Crippen molar-refractivity contribution in [2.24, 2.45) is 5.73 Å². The minimum absolute atomic E-state index is 0.0534. The number of nitrogens with two attached hydrogens (primary N) is 1. The predicted molar refractivity (Wildman–Crippen MR) is 120 cm³/mol. The van der Waals surface area contributed by atoms with Gasteiger partial charge < -0.3 is 19.9 Å². The van der Waals surface area contributed by atoms with Crippen molar-refractivity contribution in [1.82, 2.24) is 10.2 Å². The normalized spacial score (nSPS) is 15.1. The first-order valence-corrected chi connectivity index (χ1v) is 10.0. The molecule has 1 unspecified atom stereocenters. The van der Waals surface area contributed by atoms with Crippen molar-refractivity contribution in [3.8, 4) is 34.7 Å². The first-order valence-electron chi connectivity index (χ1n) is 10.0. The van der Waals surface area contributed by atoms with Crippen LogP contribution in [0.1, 0.15) is 17.0 Å². The van der Waals surface area contributed by atoms with Crippen molar-refractivity contribution in [2.45, 2.75) is 5.92 Å². The Hall–Kier alpha value is -4.44. The summed E-state index contributed by atoms with van der Waals surface area (Å²) in [6.45, 7) is 0. The van der Waals surface area contributed by atoms with E-state index in [2.05, 4.69) is 16.3 Å². The van der Waals surface area contributed by atoms with E-state index in [-0.39, 0.29) is 5.88 Å². The average molecular weight is 424 g/mol. The summed E-state index contributed by atoms with van der Waals surface area (Å²) < 4.78 is 16.6. The average Bonchev–Trinajstić information content (AvgIpc) is 3.26. The topological polar surface area (TPSA) is 106 Å². The van der Waals surface area contributed by atoms with Gasteiger partial charge in [-0.2, -0.15) is 5.26 Å². The van der Waals surface area contributed by atoms with Crippen molar-refractivity contribution in [1.29, 1.82) is 5.26 Å². The van der Waals surface area contributed by atoms with Gasteiger partial charge in [0.15, 0.2) is 0 Å². The molecule has 0 bridgehead atoms. The standard InChI is InChI=1S/C25H20N4O3/c1-30-15-9-7-14(8-10-15)23-22-21(19(13-26)24(27)32-25(22)29-28-23)18-11-12-20(31-2)17-6-4-3-5-16(17)18/h3-12,21H,27H2,1-2H3,(H,28,29). The molecule has 7 nitrogen and oxygen atoms in total. The number of nitrogens with one attached hydrogen (secondary N) is 1. The number of H-pyrrole nitrogens is 1. The molecule has 32 heavy (non-hydrogen) atoms. The fourth-order valence-electron chi connectivity index (χ4n) is 4.26. The van der Waals surface area contributed by atoms with Gasteiger partial charge in [-0.1, -0.05) is 30.3 Å². The third-order valence-electron chi connectivity index (χ3n) is 5.77. The lowest BCUT2D eigenvalue weighted by atomic mass is 9.81. The largest absolute Gasteiger partial charge is 0.497 e. The molecule has 0 fully saturated rings. The summed E-state index contributed by atoms with van der Waals surface area (Å²) in [6, 6.07) is 21.7. The van der Waals surface area contributed by atoms with E-state index in [1.807, 2.05) is 60.7 Å². The number of benzene rings is 3. The van der Waals surface area contributed by atoms with E-state index in [9.17, 15) is 5.26 Å². The van der Waals surface area contributed by atoms with Gasteiger partial charge >= 0.3 is 0 Å². The second kappa shape index (κ2) is 7.67. The van der Waals surface area contributed by atoms with Crippen LogP contribution < -0.4 is 19.9 Å². The van der Waals surface area contributed by atoms with Crippen LogP contribution in [-0.4, -0.2) is 24.4 Å². The maximum absolute atomic E-state index is 10.0. The van der Waals surface area contributed by atoms with E-state index < -0.39 is 5.92 Å². The van der Waals surface area contributed by atoms with Crippen LogP contribution in [0.2, 0.25) is 0 Å². The van der Waals surface area contributed by atoms with Crippen molar-refractivity contribution < 1.29 is 14.2 Å². The minimum Gasteiger partial charge on any atom is -0.497 e. The van der Waals surface area contributed by atoms with Gasteiger partial charge in [-0.3, -0.25) is 5.10 Å². The smallest absolute Gasteiger partial charge is 0.244 e. The van der Waals surface area contributed by atoms with Crippen LogP contribution in [0.5, 0.6) is 17.4 Å². The van der Waals surface area contributed by atoms with E-state index in [4.69, 9.17) is 19.9 Å². The highest BCUT2D eigenvalue weighted by atomic mass is 16.5. The SMILES string of the molecule is COc1ccc(-c2[nH]nc3c2C(c2ccc(OC)c4ccccc24)C(C#N)=C(N)O3)cc1. The Morgan fingerprint density at radius 1 is 1.00 bits per heavy atom. The molecular formula is C25H20N4O3. The number of aromatic nitrogens is 2. The van der Waals surface area contributed by atoms with Crippen molar-refractivity contribution in [3.63, 3.8) is 0 Å². The minimum atomic E-state index is -0.463. The Morgan fingerprint density at radius 3 is 2.44 bits per heavy atom. The van der Waals surface area contributed by atoms with Crippen LogP contribution in [0.3, 0.4) is 0 Å². The molecule has 0 saturated heterocycles. The Kier molecular flexibility index (Phi) is 4.68. The number of hydrogen-bond acceptors (Lipinski definition) is 6. The van der Waals surface area contributed by atoms with Gasteiger partial charge in [-0.15, -0.1) is 5.10 Å². The van der Waals surface area contributed by atoms with Crippen molar-refractivity contribution in [2.75, 3.05) is 14.2 Å². The molecule has 1 aromatic heterocycles. The van der Waals surface area contributed by atoms with Gasteiger partial charge in [0.2, 0.25) is 11.8 Å². The number of methoxy groups -OCH3 is 2. The van der Waals surface area contributed by atoms with Crippen LogP contribution >= 0.6 is 0 Å². The van der Waals surface area contributed by atoms with E-state index in [0.29, 0.717) is 11.5 Å². The van der Waals surface area contributed by atoms with Gasteiger partial charge in [0.25, 0.3) is 0 Å². The molecule has 1 aliphatic heterocycles. The summed E-state index contributed by atoms with van der Waals surface area (Å²) in [5.74, 6) is 1.46. The number of nitriles is 1. The zero-order chi connectivity index (χ0) is 22.2. The van der Waals surface area contributed by atoms with Crippen molar-refractivity contribution >= 4 is 10.8 Å². The van der Waals surface area contributed by atoms with Gasteiger partial charge in [0.1, 0.15) is 23.1 Å². The monoisotopic (exact) mass is 424 g/mol. The zero-order valence-electron chi connectivity index (χ0n) is 17.5. The van der Waals surface area contributed by atoms with Crippen LogP contribution in [0.15, 0.2) is 72.1 Å². The number of hydrogen-bond donors (Lipinski definition) is 2. The summed E-state index contributed by atoms with van der Waals surface area (Å²) in [5.41, 5.74) is 9.82. The molecule has 0 saturated carbocycles. The fraction of sp³-hybridized carbons (Fsp3) is 0.120. The second-order valence-corrected chi connectivity index (χ2v) is 7.37. The summed E-state index contributed by atoms with van der Waals surface area (Å²) in [5, 5.41) is 19.4. The van der Waals surface area contributed by atoms with Crippen LogP contribution in [0.25, 0.3) is 22.0 Å². The second-order valence-electron chi connectivity index (χ2n) is 7.37. The lowest BCUT2D eigenvalue weighted by molar-refractivity contribution is 0.379. The number of aromatic amines is 1. The summed E-state index contributed by atoms with van der Waals surface area (Å²) >= 11 is 0. The molecule has 158 valence electrons. The third-order valence-corrected chi connectivity index (χ3v) is 5.77. The number of ether oxygens (including phenoxy) is 3. The molecule has 1 atom stereocenters. The lowest BCUT2D eigenvalue weighted by Crippen LogP contribution is -2.21. The first-order chi connectivity index (χ1) is 15.7. The van der Waals surface area contributed by atoms with E-state index in [1.54, 1.807) is 14.2 Å². The molecule has 0 spiro atoms. The molecule has 3 aromatic carbocycles. The Balaban J connectivity index is 1.78. The molecule has 1 aliphatic rings. The highest BCUT2D eigenvalue weighted by Crippen LogP contribution is 2.48. The van der Waals surface area contributed by atoms with Crippen LogP contribution in [0, 0.1) is 11.3 Å². The maximum atomic E-state index is 10.0. The number of nitrogens with zero attached hydrogens (tertiary/aromatic N) is 2. The molecule has 0 amide bonds. The summed E-state index contributed by atoms with van der Waals surface area (Å²) in [7, 11) is 3.27. The third kappa shape index (κ3) is 2.93. The van der Waals surface area contributed by atoms with Crippen molar-refractivity contribution in [3.05, 3.63) is 83.2 Å². The Bertz CT molecular complexity index is 1400. The number of allylic oxidation sites excluding steroid dienone is 1. The van der Waals surface area contributed by atoms with Gasteiger partial charge in [-0.05, 0) is 41.3 Å². The molecule has 4 aromatic rings. The molecule has 7 heteroatoms. The Morgan fingerprint density at radius 2 is 1.75 bits per heavy atom.